The third-order valence-electron chi connectivity index (χ3n) is 7.39. The SMILES string of the molecule is C=C/C(=C\C(=C/C)c1cnc2n[nH]c(-c3cc4c(-c5cc(F)cc(CCCN(C)C)c5)cncc4[nH]3)c2c1)CNCC. The van der Waals surface area contributed by atoms with Gasteiger partial charge in [-0.05, 0) is 93.5 Å². The number of pyridine rings is 2. The normalized spacial score (nSPS) is 12.6. The van der Waals surface area contributed by atoms with Crippen LogP contribution in [0.1, 0.15) is 31.4 Å². The number of H-pyrrole nitrogens is 2. The molecule has 0 fully saturated rings. The Bertz CT molecular complexity index is 1770. The van der Waals surface area contributed by atoms with E-state index in [2.05, 4.69) is 79.2 Å². The number of hydrogen-bond donors (Lipinski definition) is 3. The first-order valence-corrected chi connectivity index (χ1v) is 14.4. The molecule has 3 N–H and O–H groups in total. The van der Waals surface area contributed by atoms with E-state index in [1.165, 1.54) is 0 Å². The van der Waals surface area contributed by atoms with Crippen LogP contribution in [0.2, 0.25) is 0 Å². The van der Waals surface area contributed by atoms with E-state index in [1.807, 2.05) is 33.3 Å². The van der Waals surface area contributed by atoms with E-state index in [1.54, 1.807) is 24.5 Å². The highest BCUT2D eigenvalue weighted by atomic mass is 19.1. The van der Waals surface area contributed by atoms with Crippen LogP contribution in [0.3, 0.4) is 0 Å². The van der Waals surface area contributed by atoms with Crippen LogP contribution in [0.15, 0.2) is 79.3 Å². The van der Waals surface area contributed by atoms with Crippen molar-refractivity contribution in [2.75, 3.05) is 33.7 Å². The molecule has 5 aromatic rings. The minimum absolute atomic E-state index is 0.239. The molecular weight excluding hydrogens is 525 g/mol. The Labute approximate surface area is 246 Å². The Morgan fingerprint density at radius 3 is 2.71 bits per heavy atom. The third-order valence-corrected chi connectivity index (χ3v) is 7.39. The molecular formula is C34H38FN7. The fourth-order valence-electron chi connectivity index (χ4n) is 5.21. The molecule has 0 radical (unpaired) electrons. The summed E-state index contributed by atoms with van der Waals surface area (Å²) < 4.78 is 14.7. The molecule has 8 heteroatoms. The molecule has 5 rings (SSSR count). The maximum absolute atomic E-state index is 14.7. The molecule has 0 unspecified atom stereocenters. The summed E-state index contributed by atoms with van der Waals surface area (Å²) in [5.41, 5.74) is 9.02. The Morgan fingerprint density at radius 2 is 1.95 bits per heavy atom. The lowest BCUT2D eigenvalue weighted by atomic mass is 9.99. The van der Waals surface area contributed by atoms with Crippen molar-refractivity contribution in [3.05, 3.63) is 96.2 Å². The molecule has 1 aromatic carbocycles. The summed E-state index contributed by atoms with van der Waals surface area (Å²) >= 11 is 0. The van der Waals surface area contributed by atoms with Crippen LogP contribution >= 0.6 is 0 Å². The number of hydrogen-bond acceptors (Lipinski definition) is 5. The minimum atomic E-state index is -0.239. The molecule has 4 aromatic heterocycles. The molecule has 0 saturated carbocycles. The molecule has 0 aliphatic carbocycles. The lowest BCUT2D eigenvalue weighted by Crippen LogP contribution is -2.15. The Kier molecular flexibility index (Phi) is 9.05. The van der Waals surface area contributed by atoms with Crippen LogP contribution < -0.4 is 5.32 Å². The quantitative estimate of drug-likeness (QED) is 0.143. The van der Waals surface area contributed by atoms with Gasteiger partial charge in [0.25, 0.3) is 0 Å². The minimum Gasteiger partial charge on any atom is -0.352 e. The fourth-order valence-corrected chi connectivity index (χ4v) is 5.21. The van der Waals surface area contributed by atoms with Gasteiger partial charge in [-0.3, -0.25) is 10.1 Å². The lowest BCUT2D eigenvalue weighted by Gasteiger charge is -2.10. The van der Waals surface area contributed by atoms with E-state index in [4.69, 9.17) is 0 Å². The first-order chi connectivity index (χ1) is 20.4. The first kappa shape index (κ1) is 29.1. The molecule has 7 nitrogen and oxygen atoms in total. The van der Waals surface area contributed by atoms with Crippen LogP contribution in [0.4, 0.5) is 4.39 Å². The molecule has 0 bridgehead atoms. The van der Waals surface area contributed by atoms with Gasteiger partial charge < -0.3 is 15.2 Å². The maximum atomic E-state index is 14.7. The second kappa shape index (κ2) is 13.1. The predicted octanol–water partition coefficient (Wildman–Crippen LogP) is 6.93. The summed E-state index contributed by atoms with van der Waals surface area (Å²) in [6.07, 6.45) is 13.3. The van der Waals surface area contributed by atoms with Crippen LogP contribution in [-0.4, -0.2) is 63.8 Å². The molecule has 42 heavy (non-hydrogen) atoms. The second-order valence-electron chi connectivity index (χ2n) is 10.7. The predicted molar refractivity (Wildman–Crippen MR) is 172 cm³/mol. The van der Waals surface area contributed by atoms with Gasteiger partial charge in [0, 0.05) is 40.8 Å². The van der Waals surface area contributed by atoms with Crippen LogP contribution in [0.5, 0.6) is 0 Å². The van der Waals surface area contributed by atoms with Crippen molar-refractivity contribution in [3.63, 3.8) is 0 Å². The van der Waals surface area contributed by atoms with E-state index in [9.17, 15) is 4.39 Å². The van der Waals surface area contributed by atoms with E-state index in [0.29, 0.717) is 5.65 Å². The lowest BCUT2D eigenvalue weighted by molar-refractivity contribution is 0.400. The maximum Gasteiger partial charge on any atom is 0.181 e. The van der Waals surface area contributed by atoms with Gasteiger partial charge in [-0.2, -0.15) is 5.10 Å². The number of nitrogens with one attached hydrogen (secondary N) is 3. The van der Waals surface area contributed by atoms with Crippen molar-refractivity contribution in [2.24, 2.45) is 0 Å². The monoisotopic (exact) mass is 563 g/mol. The highest BCUT2D eigenvalue weighted by Gasteiger charge is 2.16. The molecule has 0 aliphatic heterocycles. The number of allylic oxidation sites excluding steroid dienone is 3. The molecule has 0 aliphatic rings. The van der Waals surface area contributed by atoms with E-state index >= 15 is 0 Å². The molecule has 4 heterocycles. The smallest absolute Gasteiger partial charge is 0.181 e. The van der Waals surface area contributed by atoms with Crippen LogP contribution in [0, 0.1) is 5.82 Å². The zero-order valence-electron chi connectivity index (χ0n) is 24.8. The Balaban J connectivity index is 1.52. The number of aromatic nitrogens is 5. The fraction of sp³-hybridized carbons (Fsp3) is 0.265. The van der Waals surface area contributed by atoms with Crippen molar-refractivity contribution in [1.82, 2.24) is 35.4 Å². The van der Waals surface area contributed by atoms with Crippen LogP contribution in [-0.2, 0) is 6.42 Å². The van der Waals surface area contributed by atoms with Gasteiger partial charge in [0.05, 0.1) is 23.1 Å². The van der Waals surface area contributed by atoms with E-state index in [0.717, 1.165) is 93.6 Å². The van der Waals surface area contributed by atoms with Crippen molar-refractivity contribution in [1.29, 1.82) is 0 Å². The molecule has 0 spiro atoms. The number of rotatable bonds is 12. The zero-order chi connectivity index (χ0) is 29.6. The van der Waals surface area contributed by atoms with Crippen LogP contribution in [0.25, 0.3) is 50.0 Å². The number of aryl methyl sites for hydroxylation is 1. The topological polar surface area (TPSA) is 85.5 Å². The number of halogens is 1. The average Bonchev–Trinajstić information content (AvgIpc) is 3.60. The summed E-state index contributed by atoms with van der Waals surface area (Å²) in [6.45, 7) is 10.7. The van der Waals surface area contributed by atoms with Crippen molar-refractivity contribution >= 4 is 27.5 Å². The Morgan fingerprint density at radius 1 is 1.10 bits per heavy atom. The standard InChI is InChI=1S/C34H38FN7/c1-6-22(18-36-8-3)12-24(7-2)26-16-29-33(40-41-34(29)38-19-26)31-17-28-30(20-37-21-32(28)39-31)25-13-23(14-27(35)15-25)10-9-11-42(4)5/h6-7,12-17,19-21,36,39H,1,8-11,18H2,2-5H3,(H,38,40,41)/b22-12+,24-7+. The van der Waals surface area contributed by atoms with Crippen molar-refractivity contribution in [2.45, 2.75) is 26.7 Å². The van der Waals surface area contributed by atoms with Gasteiger partial charge in [0.1, 0.15) is 5.82 Å². The summed E-state index contributed by atoms with van der Waals surface area (Å²) in [7, 11) is 4.10. The van der Waals surface area contributed by atoms with Gasteiger partial charge in [-0.1, -0.05) is 37.8 Å². The van der Waals surface area contributed by atoms with E-state index in [-0.39, 0.29) is 5.82 Å². The highest BCUT2D eigenvalue weighted by molar-refractivity contribution is 6.00. The summed E-state index contributed by atoms with van der Waals surface area (Å²) in [6, 6.07) is 9.47. The van der Waals surface area contributed by atoms with Gasteiger partial charge in [0.2, 0.25) is 0 Å². The molecule has 216 valence electrons. The third kappa shape index (κ3) is 6.40. The zero-order valence-corrected chi connectivity index (χ0v) is 24.8. The van der Waals surface area contributed by atoms with Gasteiger partial charge in [-0.25, -0.2) is 9.37 Å². The highest BCUT2D eigenvalue weighted by Crippen LogP contribution is 2.34. The van der Waals surface area contributed by atoms with Gasteiger partial charge in [-0.15, -0.1) is 0 Å². The number of fused-ring (bicyclic) bond motifs is 2. The number of likely N-dealkylation sites (N-methyl/N-ethyl adjacent to an activating group) is 1. The number of nitrogens with zero attached hydrogens (tertiary/aromatic N) is 4. The summed E-state index contributed by atoms with van der Waals surface area (Å²) in [5.74, 6) is -0.239. The molecule has 0 saturated heterocycles. The van der Waals surface area contributed by atoms with Crippen molar-refractivity contribution < 1.29 is 4.39 Å². The number of aromatic amines is 2. The van der Waals surface area contributed by atoms with Gasteiger partial charge >= 0.3 is 0 Å². The molecule has 0 amide bonds. The number of benzene rings is 1. The largest absolute Gasteiger partial charge is 0.352 e. The average molecular weight is 564 g/mol. The van der Waals surface area contributed by atoms with Gasteiger partial charge in [0.15, 0.2) is 5.65 Å². The van der Waals surface area contributed by atoms with Crippen molar-refractivity contribution in [3.8, 4) is 22.5 Å². The summed E-state index contributed by atoms with van der Waals surface area (Å²) in [4.78, 5) is 14.7. The van der Waals surface area contributed by atoms with E-state index < -0.39 is 0 Å². The Hall–Kier alpha value is -4.40. The first-order valence-electron chi connectivity index (χ1n) is 14.4. The summed E-state index contributed by atoms with van der Waals surface area (Å²) in [5, 5.41) is 12.9. The molecule has 0 atom stereocenters. The second-order valence-corrected chi connectivity index (χ2v) is 10.7.